The van der Waals surface area contributed by atoms with Crippen molar-refractivity contribution in [3.8, 4) is 0 Å². The van der Waals surface area contributed by atoms with Crippen LogP contribution in [0.1, 0.15) is 26.7 Å². The maximum Gasteiger partial charge on any atom is 0 e. The van der Waals surface area contributed by atoms with Crippen molar-refractivity contribution < 1.29 is 65.4 Å². The summed E-state index contributed by atoms with van der Waals surface area (Å²) in [5.74, 6) is 0. The van der Waals surface area contributed by atoms with Gasteiger partial charge in [0.05, 0.1) is 0 Å². The summed E-state index contributed by atoms with van der Waals surface area (Å²) in [6.45, 7) is 11.0. The molecule has 0 bridgehead atoms. The molecule has 0 aliphatic heterocycles. The molecule has 0 aromatic carbocycles. The van der Waals surface area contributed by atoms with E-state index in [1.807, 2.05) is 13.8 Å². The van der Waals surface area contributed by atoms with E-state index in [0.29, 0.717) is 0 Å². The van der Waals surface area contributed by atoms with Crippen molar-refractivity contribution in [2.24, 2.45) is 0 Å². The number of hydrogen-bond donors (Lipinski definition) is 0. The molecule has 0 rings (SSSR count). The summed E-state index contributed by atoms with van der Waals surface area (Å²) in [6.07, 6.45) is 2.00. The minimum Gasteiger partial charge on any atom is -1.00 e. The van der Waals surface area contributed by atoms with E-state index in [1.54, 1.807) is 0 Å². The fraction of sp³-hybridized carbons (Fsp3) is 0.667. The molecule has 0 fully saturated rings. The largest absolute Gasteiger partial charge is 1.00 e. The zero-order valence-electron chi connectivity index (χ0n) is 6.80. The fourth-order valence-electron chi connectivity index (χ4n) is 0. The summed E-state index contributed by atoms with van der Waals surface area (Å²) in [5, 5.41) is 0. The van der Waals surface area contributed by atoms with Crippen LogP contribution in [0.5, 0.6) is 0 Å². The molecule has 0 spiro atoms. The van der Waals surface area contributed by atoms with Crippen LogP contribution < -0.4 is 0 Å². The van der Waals surface area contributed by atoms with Crippen molar-refractivity contribution >= 4 is 23.3 Å². The Hall–Kier alpha value is 2.91. The first kappa shape index (κ1) is 29.3. The van der Waals surface area contributed by atoms with Crippen molar-refractivity contribution in [3.05, 3.63) is 13.8 Å². The fourth-order valence-corrected chi connectivity index (χ4v) is 0. The molecule has 2 radical (unpaired) electrons. The minimum absolute atomic E-state index is 0. The normalized spacial score (nSPS) is 4.20. The second kappa shape index (κ2) is 58.8. The van der Waals surface area contributed by atoms with E-state index in [1.165, 1.54) is 0 Å². The molecular weight excluding hydrogens is 314 g/mol. The zero-order chi connectivity index (χ0) is 7.41. The molecule has 0 aliphatic rings. The Balaban J connectivity index is -0.0000000116. The second-order valence-corrected chi connectivity index (χ2v) is 1.000. The maximum absolute atomic E-state index is 3.67. The zero-order valence-corrected chi connectivity index (χ0v) is 14.1. The Labute approximate surface area is 127 Å². The quantitative estimate of drug-likeness (QED) is 0.381. The van der Waals surface area contributed by atoms with E-state index in [-0.39, 0.29) is 65.4 Å². The molecule has 10 heavy (non-hydrogen) atoms. The van der Waals surface area contributed by atoms with Crippen molar-refractivity contribution in [2.45, 2.75) is 26.7 Å². The van der Waals surface area contributed by atoms with E-state index in [2.05, 4.69) is 37.2 Å². The topological polar surface area (TPSA) is 0 Å². The van der Waals surface area contributed by atoms with Crippen LogP contribution in [-0.2, 0) is 88.7 Å². The first-order chi connectivity index (χ1) is 3.83. The summed E-state index contributed by atoms with van der Waals surface area (Å²) >= 11 is 7.33. The predicted molar refractivity (Wildman–Crippen MR) is 46.0 cm³/mol. The molecular formula is C6H14S2Y2-4. The van der Waals surface area contributed by atoms with Gasteiger partial charge in [0.1, 0.15) is 0 Å². The summed E-state index contributed by atoms with van der Waals surface area (Å²) in [7, 11) is 0. The molecule has 0 saturated heterocycles. The third-order valence-electron chi connectivity index (χ3n) is 0. The average molecular weight is 328 g/mol. The maximum atomic E-state index is 3.67. The summed E-state index contributed by atoms with van der Waals surface area (Å²) in [6, 6.07) is 0. The van der Waals surface area contributed by atoms with Crippen LogP contribution in [0.25, 0.3) is 0 Å². The van der Waals surface area contributed by atoms with Gasteiger partial charge in [0.15, 0.2) is 0 Å². The van der Waals surface area contributed by atoms with Gasteiger partial charge in [0.2, 0.25) is 0 Å². The summed E-state index contributed by atoms with van der Waals surface area (Å²) in [4.78, 5) is 0. The van der Waals surface area contributed by atoms with Crippen LogP contribution in [0.2, 0.25) is 0 Å². The molecule has 0 N–H and O–H groups in total. The predicted octanol–water partition coefficient (Wildman–Crippen LogP) is 2.45. The molecule has 0 atom stereocenters. The Bertz CT molecular complexity index is 15.7. The third-order valence-corrected chi connectivity index (χ3v) is 0. The number of hydrogen-bond acceptors (Lipinski definition) is 2. The van der Waals surface area contributed by atoms with E-state index in [9.17, 15) is 0 Å². The molecule has 0 heterocycles. The number of rotatable bonds is 0. The third kappa shape index (κ3) is 127. The molecule has 4 heteroatoms. The van der Waals surface area contributed by atoms with E-state index in [4.69, 9.17) is 0 Å². The van der Waals surface area contributed by atoms with Crippen LogP contribution in [-0.4, -0.2) is 0 Å². The molecule has 0 amide bonds. The van der Waals surface area contributed by atoms with Gasteiger partial charge in [-0.2, -0.15) is 12.8 Å². The first-order valence-electron chi connectivity index (χ1n) is 2.58. The van der Waals surface area contributed by atoms with Crippen molar-refractivity contribution in [1.29, 1.82) is 0 Å². The smallest absolute Gasteiger partial charge is 0 e. The standard InChI is InChI=1S/2C3H7.S2.2Y/c2*1-3-2;1-2;;/h2*1,3H2,2H3;;;/q2*-1;-2;;. The molecule has 0 aromatic rings. The van der Waals surface area contributed by atoms with Crippen molar-refractivity contribution in [1.82, 2.24) is 0 Å². The van der Waals surface area contributed by atoms with Gasteiger partial charge < -0.3 is 37.2 Å². The van der Waals surface area contributed by atoms with Gasteiger partial charge in [-0.15, -0.1) is 0 Å². The SMILES string of the molecule is [CH2-]CC.[CH2-]CC.[S-][S-].[Y].[Y]. The molecule has 0 aromatic heterocycles. The van der Waals surface area contributed by atoms with Gasteiger partial charge in [0.25, 0.3) is 0 Å². The van der Waals surface area contributed by atoms with Crippen LogP contribution >= 0.6 is 0 Å². The molecule has 0 nitrogen and oxygen atoms in total. The van der Waals surface area contributed by atoms with Crippen LogP contribution in [0, 0.1) is 13.8 Å². The van der Waals surface area contributed by atoms with Crippen molar-refractivity contribution in [2.75, 3.05) is 0 Å². The van der Waals surface area contributed by atoms with Gasteiger partial charge in [-0.25, -0.2) is 0 Å². The summed E-state index contributed by atoms with van der Waals surface area (Å²) < 4.78 is 0. The molecule has 0 aliphatic carbocycles. The molecule has 0 saturated carbocycles. The Morgan fingerprint density at radius 1 is 0.900 bits per heavy atom. The minimum atomic E-state index is 0. The van der Waals surface area contributed by atoms with E-state index in [0.717, 1.165) is 12.8 Å². The van der Waals surface area contributed by atoms with E-state index >= 15 is 0 Å². The van der Waals surface area contributed by atoms with E-state index < -0.39 is 0 Å². The second-order valence-electron chi connectivity index (χ2n) is 1.000. The Kier molecular flexibility index (Phi) is 172. The molecule has 60 valence electrons. The van der Waals surface area contributed by atoms with Crippen LogP contribution in [0.15, 0.2) is 0 Å². The van der Waals surface area contributed by atoms with Crippen molar-refractivity contribution in [3.63, 3.8) is 0 Å². The van der Waals surface area contributed by atoms with Crippen LogP contribution in [0.3, 0.4) is 0 Å². The first-order valence-corrected chi connectivity index (χ1v) is 3.91. The summed E-state index contributed by atoms with van der Waals surface area (Å²) in [5.41, 5.74) is 0. The van der Waals surface area contributed by atoms with Gasteiger partial charge >= 0.3 is 0 Å². The van der Waals surface area contributed by atoms with Gasteiger partial charge in [-0.3, -0.25) is 0 Å². The Morgan fingerprint density at radius 3 is 0.900 bits per heavy atom. The van der Waals surface area contributed by atoms with Gasteiger partial charge in [-0.05, 0) is 0 Å². The van der Waals surface area contributed by atoms with Crippen LogP contribution in [0.4, 0.5) is 0 Å². The average Bonchev–Trinajstić information content (AvgIpc) is 1.75. The van der Waals surface area contributed by atoms with Gasteiger partial charge in [-0.1, -0.05) is 13.8 Å². The Morgan fingerprint density at radius 2 is 0.900 bits per heavy atom. The van der Waals surface area contributed by atoms with Gasteiger partial charge in [0, 0.05) is 65.4 Å². The monoisotopic (exact) mass is 328 g/mol. The molecule has 0 unspecified atom stereocenters.